The van der Waals surface area contributed by atoms with Crippen molar-refractivity contribution in [3.63, 3.8) is 0 Å². The van der Waals surface area contributed by atoms with E-state index in [1.54, 1.807) is 43.5 Å². The normalized spacial score (nSPS) is 16.9. The van der Waals surface area contributed by atoms with Crippen molar-refractivity contribution < 1.29 is 22.7 Å². The zero-order valence-corrected chi connectivity index (χ0v) is 15.8. The molecule has 0 spiro atoms. The summed E-state index contributed by atoms with van der Waals surface area (Å²) >= 11 is 0. The van der Waals surface area contributed by atoms with E-state index >= 15 is 0 Å². The molecule has 2 aromatic rings. The molecule has 0 radical (unpaired) electrons. The van der Waals surface area contributed by atoms with Gasteiger partial charge in [0.15, 0.2) is 0 Å². The van der Waals surface area contributed by atoms with Gasteiger partial charge in [0.25, 0.3) is 5.91 Å². The third-order valence-corrected chi connectivity index (χ3v) is 5.74. The highest BCUT2D eigenvalue weighted by atomic mass is 32.2. The van der Waals surface area contributed by atoms with Crippen molar-refractivity contribution >= 4 is 21.6 Å². The van der Waals surface area contributed by atoms with Gasteiger partial charge >= 0.3 is 0 Å². The van der Waals surface area contributed by atoms with Crippen LogP contribution in [0.5, 0.6) is 5.75 Å². The number of nitrogens with one attached hydrogen (secondary N) is 2. The molecule has 144 valence electrons. The Balaban J connectivity index is 1.60. The average molecular weight is 390 g/mol. The van der Waals surface area contributed by atoms with E-state index in [1.807, 2.05) is 0 Å². The van der Waals surface area contributed by atoms with E-state index < -0.39 is 10.0 Å². The molecular formula is C19H22N2O5S. The van der Waals surface area contributed by atoms with Crippen molar-refractivity contribution in [2.75, 3.05) is 25.6 Å². The van der Waals surface area contributed by atoms with Crippen LogP contribution in [0.3, 0.4) is 0 Å². The number of hydrogen-bond donors (Lipinski definition) is 2. The second-order valence-electron chi connectivity index (χ2n) is 6.19. The van der Waals surface area contributed by atoms with Crippen LogP contribution in [-0.4, -0.2) is 40.7 Å². The summed E-state index contributed by atoms with van der Waals surface area (Å²) in [7, 11) is -2.05. The van der Waals surface area contributed by atoms with Crippen LogP contribution in [0.25, 0.3) is 0 Å². The number of sulfonamides is 1. The highest BCUT2D eigenvalue weighted by Gasteiger charge is 2.20. The van der Waals surface area contributed by atoms with Crippen molar-refractivity contribution in [3.8, 4) is 5.75 Å². The number of methoxy groups -OCH3 is 1. The summed E-state index contributed by atoms with van der Waals surface area (Å²) in [5, 5.41) is 2.74. The lowest BCUT2D eigenvalue weighted by Gasteiger charge is -2.12. The molecule has 0 saturated carbocycles. The van der Waals surface area contributed by atoms with Crippen LogP contribution in [0.15, 0.2) is 53.4 Å². The zero-order valence-electron chi connectivity index (χ0n) is 15.0. The maximum atomic E-state index is 12.3. The predicted molar refractivity (Wildman–Crippen MR) is 102 cm³/mol. The molecule has 0 aromatic heterocycles. The van der Waals surface area contributed by atoms with Gasteiger partial charge in [-0.05, 0) is 61.4 Å². The van der Waals surface area contributed by atoms with Gasteiger partial charge < -0.3 is 14.8 Å². The third-order valence-electron chi connectivity index (χ3n) is 4.30. The Morgan fingerprint density at radius 2 is 1.85 bits per heavy atom. The van der Waals surface area contributed by atoms with E-state index in [9.17, 15) is 13.2 Å². The van der Waals surface area contributed by atoms with Gasteiger partial charge in [-0.3, -0.25) is 4.79 Å². The van der Waals surface area contributed by atoms with E-state index in [-0.39, 0.29) is 23.5 Å². The van der Waals surface area contributed by atoms with E-state index in [1.165, 1.54) is 12.1 Å². The maximum Gasteiger partial charge on any atom is 0.255 e. The van der Waals surface area contributed by atoms with E-state index in [4.69, 9.17) is 9.47 Å². The van der Waals surface area contributed by atoms with Crippen LogP contribution in [0, 0.1) is 0 Å². The minimum Gasteiger partial charge on any atom is -0.497 e. The molecule has 3 rings (SSSR count). The summed E-state index contributed by atoms with van der Waals surface area (Å²) in [6, 6.07) is 12.7. The topological polar surface area (TPSA) is 93.7 Å². The molecule has 0 unspecified atom stereocenters. The van der Waals surface area contributed by atoms with Crippen LogP contribution >= 0.6 is 0 Å². The molecular weight excluding hydrogens is 368 g/mol. The summed E-state index contributed by atoms with van der Waals surface area (Å²) in [5.41, 5.74) is 0.986. The van der Waals surface area contributed by atoms with Crippen LogP contribution in [0.2, 0.25) is 0 Å². The third kappa shape index (κ3) is 5.06. The summed E-state index contributed by atoms with van der Waals surface area (Å²) in [6.45, 7) is 0.938. The molecule has 1 fully saturated rings. The Morgan fingerprint density at radius 1 is 1.15 bits per heavy atom. The molecule has 7 nitrogen and oxygen atoms in total. The molecule has 0 bridgehead atoms. The maximum absolute atomic E-state index is 12.3. The number of benzene rings is 2. The van der Waals surface area contributed by atoms with Crippen LogP contribution in [-0.2, 0) is 14.8 Å². The summed E-state index contributed by atoms with van der Waals surface area (Å²) in [4.78, 5) is 12.4. The highest BCUT2D eigenvalue weighted by molar-refractivity contribution is 7.89. The van der Waals surface area contributed by atoms with E-state index in [2.05, 4.69) is 10.0 Å². The number of rotatable bonds is 7. The van der Waals surface area contributed by atoms with Crippen LogP contribution in [0.1, 0.15) is 23.2 Å². The minimum atomic E-state index is -3.61. The quantitative estimate of drug-likeness (QED) is 0.757. The van der Waals surface area contributed by atoms with Crippen LogP contribution in [0.4, 0.5) is 5.69 Å². The first-order valence-corrected chi connectivity index (χ1v) is 10.1. The van der Waals surface area contributed by atoms with E-state index in [0.29, 0.717) is 23.6 Å². The lowest BCUT2D eigenvalue weighted by molar-refractivity contribution is 0.102. The lowest BCUT2D eigenvalue weighted by atomic mass is 10.2. The fraction of sp³-hybridized carbons (Fsp3) is 0.316. The van der Waals surface area contributed by atoms with Crippen molar-refractivity contribution in [3.05, 3.63) is 54.1 Å². The first-order chi connectivity index (χ1) is 13.0. The molecule has 1 heterocycles. The van der Waals surface area contributed by atoms with E-state index in [0.717, 1.165) is 12.8 Å². The molecule has 1 aliphatic heterocycles. The van der Waals surface area contributed by atoms with Gasteiger partial charge in [0, 0.05) is 24.4 Å². The van der Waals surface area contributed by atoms with Gasteiger partial charge in [0.1, 0.15) is 5.75 Å². The molecule has 0 aliphatic carbocycles. The number of hydrogen-bond acceptors (Lipinski definition) is 5. The van der Waals surface area contributed by atoms with Crippen molar-refractivity contribution in [2.45, 2.75) is 23.8 Å². The Morgan fingerprint density at radius 3 is 2.44 bits per heavy atom. The summed E-state index contributed by atoms with van der Waals surface area (Å²) in [6.07, 6.45) is 1.75. The van der Waals surface area contributed by atoms with Crippen molar-refractivity contribution in [1.29, 1.82) is 0 Å². The Hall–Kier alpha value is -2.42. The number of ether oxygens (including phenoxy) is 2. The van der Waals surface area contributed by atoms with Gasteiger partial charge in [-0.1, -0.05) is 0 Å². The number of amides is 1. The first-order valence-electron chi connectivity index (χ1n) is 8.65. The Labute approximate surface area is 158 Å². The van der Waals surface area contributed by atoms with Crippen molar-refractivity contribution in [2.24, 2.45) is 0 Å². The smallest absolute Gasteiger partial charge is 0.255 e. The second kappa shape index (κ2) is 8.51. The van der Waals surface area contributed by atoms with Crippen molar-refractivity contribution in [1.82, 2.24) is 4.72 Å². The Bertz CT molecular complexity index is 873. The molecule has 2 N–H and O–H groups in total. The molecule has 2 aromatic carbocycles. The summed E-state index contributed by atoms with van der Waals surface area (Å²) < 4.78 is 37.7. The fourth-order valence-electron chi connectivity index (χ4n) is 2.75. The molecule has 27 heavy (non-hydrogen) atoms. The van der Waals surface area contributed by atoms with Gasteiger partial charge in [-0.25, -0.2) is 13.1 Å². The number of carbonyl (C=O) groups is 1. The monoisotopic (exact) mass is 390 g/mol. The summed E-state index contributed by atoms with van der Waals surface area (Å²) in [5.74, 6) is 0.376. The van der Waals surface area contributed by atoms with Gasteiger partial charge in [-0.15, -0.1) is 0 Å². The fourth-order valence-corrected chi connectivity index (χ4v) is 3.82. The first kappa shape index (κ1) is 19.3. The largest absolute Gasteiger partial charge is 0.497 e. The van der Waals surface area contributed by atoms with Gasteiger partial charge in [0.05, 0.1) is 18.1 Å². The molecule has 1 saturated heterocycles. The average Bonchev–Trinajstić information content (AvgIpc) is 3.21. The lowest BCUT2D eigenvalue weighted by Crippen LogP contribution is -2.31. The number of carbonyl (C=O) groups excluding carboxylic acids is 1. The molecule has 1 atom stereocenters. The molecule has 1 amide bonds. The predicted octanol–water partition coefficient (Wildman–Crippen LogP) is 2.40. The second-order valence-corrected chi connectivity index (χ2v) is 7.96. The SMILES string of the molecule is COc1ccc(C(=O)Nc2ccc(S(=O)(=O)NC[C@@H]3CCCO3)cc2)cc1. The molecule has 8 heteroatoms. The van der Waals surface area contributed by atoms with Gasteiger partial charge in [-0.2, -0.15) is 0 Å². The minimum absolute atomic E-state index is 0.0668. The molecule has 1 aliphatic rings. The Kier molecular flexibility index (Phi) is 6.10. The van der Waals surface area contributed by atoms with Gasteiger partial charge in [0.2, 0.25) is 10.0 Å². The zero-order chi connectivity index (χ0) is 19.3. The number of anilines is 1. The standard InChI is InChI=1S/C19H22N2O5S/c1-25-16-8-4-14(5-9-16)19(22)21-15-6-10-18(11-7-15)27(23,24)20-13-17-3-2-12-26-17/h4-11,17,20H,2-3,12-13H2,1H3,(H,21,22)/t17-/m0/s1. The van der Waals surface area contributed by atoms with Crippen LogP contribution < -0.4 is 14.8 Å². The highest BCUT2D eigenvalue weighted by Crippen LogP contribution is 2.17.